The Labute approximate surface area is 236 Å². The Kier molecular flexibility index (Phi) is 5.89. The second-order valence-electron chi connectivity index (χ2n) is 10.8. The van der Waals surface area contributed by atoms with Crippen LogP contribution in [0, 0.1) is 18.3 Å². The van der Waals surface area contributed by atoms with E-state index in [4.69, 9.17) is 11.6 Å². The van der Waals surface area contributed by atoms with E-state index in [1.165, 1.54) is 53.4 Å². The van der Waals surface area contributed by atoms with Gasteiger partial charge >= 0.3 is 0 Å². The van der Waals surface area contributed by atoms with E-state index in [9.17, 15) is 18.3 Å². The molecule has 1 fully saturated rings. The normalized spacial score (nSPS) is 20.9. The largest absolute Gasteiger partial charge is 0.476 e. The van der Waals surface area contributed by atoms with Crippen LogP contribution in [-0.4, -0.2) is 69.3 Å². The number of rotatable bonds is 9. The molecule has 3 aromatic heterocycles. The van der Waals surface area contributed by atoms with Gasteiger partial charge in [0.2, 0.25) is 5.88 Å². The van der Waals surface area contributed by atoms with Crippen LogP contribution >= 0.6 is 0 Å². The molecule has 0 bridgehead atoms. The number of nitrogens with one attached hydrogen (secondary N) is 1. The zero-order chi connectivity index (χ0) is 33.0. The van der Waals surface area contributed by atoms with Gasteiger partial charge in [0.1, 0.15) is 10.7 Å². The molecule has 1 aliphatic heterocycles. The molecule has 0 spiro atoms. The van der Waals surface area contributed by atoms with Crippen LogP contribution in [0.1, 0.15) is 63.8 Å². The lowest BCUT2D eigenvalue weighted by molar-refractivity contribution is 0.0949. The number of nitrogens with zero attached hydrogens (tertiary/aromatic N) is 6. The predicted molar refractivity (Wildman–Crippen MR) is 146 cm³/mol. The predicted octanol–water partition coefficient (Wildman–Crippen LogP) is 2.45. The zero-order valence-electron chi connectivity index (χ0n) is 27.8. The van der Waals surface area contributed by atoms with Crippen molar-refractivity contribution < 1.29 is 29.9 Å². The molecule has 13 heteroatoms. The smallest absolute Gasteiger partial charge is 0.268 e. The standard InChI is InChI=1S/C26H37N7O5S/c1-17-12-26(5,6)32(13-17)23-19(24(35)30-39(36,37)20-14-31(7)28-18(20)2)8-9-21(27-23)33-11-10-22(29-33)38-16-25(3,4)15-34/h8-11,14,17,34H,12-13,15-16H2,1-7H3,(H,30,35)/t17-/m0/s1/i1D3,12D2. The number of hydrogen-bond acceptors (Lipinski definition) is 9. The van der Waals surface area contributed by atoms with Crippen molar-refractivity contribution in [2.45, 2.75) is 58.3 Å². The number of aliphatic hydroxyl groups excluding tert-OH is 1. The Morgan fingerprint density at radius 3 is 2.69 bits per heavy atom. The van der Waals surface area contributed by atoms with E-state index in [1.807, 2.05) is 18.6 Å². The minimum absolute atomic E-state index is 0.103. The van der Waals surface area contributed by atoms with E-state index in [1.54, 1.807) is 19.3 Å². The maximum atomic E-state index is 13.6. The number of aliphatic hydroxyl groups is 1. The molecule has 3 aromatic rings. The molecule has 1 saturated heterocycles. The van der Waals surface area contributed by atoms with Gasteiger partial charge in [0.25, 0.3) is 15.9 Å². The highest BCUT2D eigenvalue weighted by Crippen LogP contribution is 2.37. The first-order chi connectivity index (χ1) is 20.1. The number of ether oxygens (including phenoxy) is 1. The van der Waals surface area contributed by atoms with E-state index < -0.39 is 46.0 Å². The molecule has 212 valence electrons. The van der Waals surface area contributed by atoms with Gasteiger partial charge in [-0.25, -0.2) is 22.8 Å². The van der Waals surface area contributed by atoms with Gasteiger partial charge in [-0.1, -0.05) is 20.7 Å². The van der Waals surface area contributed by atoms with Crippen LogP contribution in [0.4, 0.5) is 5.82 Å². The summed E-state index contributed by atoms with van der Waals surface area (Å²) in [5.41, 5.74) is -2.05. The monoisotopic (exact) mass is 564 g/mol. The van der Waals surface area contributed by atoms with Gasteiger partial charge in [0.05, 0.1) is 24.5 Å². The SMILES string of the molecule is [2H]C([2H])([2H])[C@@H]1CN(c2nc(-n3ccc(OCC(C)(C)CO)n3)ccc2C(=O)NS(=O)(=O)c2cn(C)nc2C)C(C)(C)C1([2H])[2H]. The van der Waals surface area contributed by atoms with Crippen molar-refractivity contribution in [1.82, 2.24) is 29.3 Å². The highest BCUT2D eigenvalue weighted by Gasteiger charge is 2.39. The number of carbonyl (C=O) groups excluding carboxylic acids is 1. The van der Waals surface area contributed by atoms with Gasteiger partial charge in [0.15, 0.2) is 5.82 Å². The highest BCUT2D eigenvalue weighted by atomic mass is 32.2. The first-order valence-electron chi connectivity index (χ1n) is 14.8. The van der Waals surface area contributed by atoms with Gasteiger partial charge in [-0.3, -0.25) is 9.48 Å². The summed E-state index contributed by atoms with van der Waals surface area (Å²) in [5.74, 6) is -2.21. The summed E-state index contributed by atoms with van der Waals surface area (Å²) in [6.45, 7) is 5.21. The lowest BCUT2D eigenvalue weighted by Gasteiger charge is -2.34. The second kappa shape index (κ2) is 10.3. The van der Waals surface area contributed by atoms with Gasteiger partial charge in [0, 0.05) is 49.9 Å². The number of hydrogen-bond donors (Lipinski definition) is 2. The molecule has 0 aliphatic carbocycles. The molecule has 2 N–H and O–H groups in total. The molecule has 4 heterocycles. The van der Waals surface area contributed by atoms with E-state index in [2.05, 4.69) is 15.2 Å². The Morgan fingerprint density at radius 2 is 2.08 bits per heavy atom. The summed E-state index contributed by atoms with van der Waals surface area (Å²) in [6, 6.07) is 4.32. The third-order valence-corrected chi connectivity index (χ3v) is 7.69. The molecule has 4 rings (SSSR count). The molecular weight excluding hydrogens is 522 g/mol. The average Bonchev–Trinajstić information content (AvgIpc) is 3.56. The first kappa shape index (κ1) is 22.4. The molecule has 1 amide bonds. The lowest BCUT2D eigenvalue weighted by atomic mass is 9.97. The maximum absolute atomic E-state index is 13.6. The summed E-state index contributed by atoms with van der Waals surface area (Å²) >= 11 is 0. The van der Waals surface area contributed by atoms with Crippen molar-refractivity contribution in [2.75, 3.05) is 24.7 Å². The number of amides is 1. The molecular formula is C26H37N7O5S. The van der Waals surface area contributed by atoms with Crippen LogP contribution in [0.3, 0.4) is 0 Å². The van der Waals surface area contributed by atoms with Crippen LogP contribution < -0.4 is 14.4 Å². The topological polar surface area (TPSA) is 144 Å². The molecule has 0 aromatic carbocycles. The molecule has 1 atom stereocenters. The molecule has 0 unspecified atom stereocenters. The van der Waals surface area contributed by atoms with Crippen molar-refractivity contribution in [2.24, 2.45) is 18.4 Å². The second-order valence-corrected chi connectivity index (χ2v) is 12.5. The number of anilines is 1. The quantitative estimate of drug-likeness (QED) is 0.400. The minimum Gasteiger partial charge on any atom is -0.476 e. The number of aromatic nitrogens is 5. The van der Waals surface area contributed by atoms with E-state index >= 15 is 0 Å². The Hall–Kier alpha value is -3.45. The summed E-state index contributed by atoms with van der Waals surface area (Å²) in [4.78, 5) is 19.4. The fourth-order valence-electron chi connectivity index (χ4n) is 4.16. The van der Waals surface area contributed by atoms with E-state index in [0.29, 0.717) is 0 Å². The van der Waals surface area contributed by atoms with Crippen LogP contribution in [-0.2, 0) is 17.1 Å². The zero-order valence-corrected chi connectivity index (χ0v) is 23.6. The third-order valence-electron chi connectivity index (χ3n) is 6.25. The molecule has 1 aliphatic rings. The third kappa shape index (κ3) is 6.09. The van der Waals surface area contributed by atoms with Crippen molar-refractivity contribution in [3.05, 3.63) is 41.9 Å². The molecule has 39 heavy (non-hydrogen) atoms. The summed E-state index contributed by atoms with van der Waals surface area (Å²) in [5, 5.41) is 17.9. The Balaban J connectivity index is 1.79. The minimum atomic E-state index is -4.37. The average molecular weight is 565 g/mol. The van der Waals surface area contributed by atoms with Crippen molar-refractivity contribution in [3.63, 3.8) is 0 Å². The first-order valence-corrected chi connectivity index (χ1v) is 13.7. The van der Waals surface area contributed by atoms with Gasteiger partial charge in [-0.15, -0.1) is 5.10 Å². The molecule has 12 nitrogen and oxygen atoms in total. The van der Waals surface area contributed by atoms with Crippen molar-refractivity contribution in [1.29, 1.82) is 0 Å². The van der Waals surface area contributed by atoms with Gasteiger partial charge < -0.3 is 14.7 Å². The van der Waals surface area contributed by atoms with Gasteiger partial charge in [-0.05, 0) is 45.2 Å². The van der Waals surface area contributed by atoms with Crippen LogP contribution in [0.25, 0.3) is 5.82 Å². The van der Waals surface area contributed by atoms with Crippen LogP contribution in [0.15, 0.2) is 35.5 Å². The summed E-state index contributed by atoms with van der Waals surface area (Å²) < 4.78 is 78.2. The number of carbonyl (C=O) groups is 1. The summed E-state index contributed by atoms with van der Waals surface area (Å²) in [7, 11) is -2.83. The highest BCUT2D eigenvalue weighted by molar-refractivity contribution is 7.90. The number of sulfonamides is 1. The van der Waals surface area contributed by atoms with Crippen molar-refractivity contribution in [3.8, 4) is 11.7 Å². The fraction of sp³-hybridized carbons (Fsp3) is 0.538. The lowest BCUT2D eigenvalue weighted by Crippen LogP contribution is -2.41. The van der Waals surface area contributed by atoms with Crippen LogP contribution in [0.2, 0.25) is 0 Å². The Bertz CT molecular complexity index is 1670. The number of pyridine rings is 1. The van der Waals surface area contributed by atoms with Crippen LogP contribution in [0.5, 0.6) is 5.88 Å². The van der Waals surface area contributed by atoms with Gasteiger partial charge in [-0.2, -0.15) is 5.10 Å². The molecule has 0 radical (unpaired) electrons. The van der Waals surface area contributed by atoms with E-state index in [0.717, 1.165) is 0 Å². The Morgan fingerprint density at radius 1 is 1.33 bits per heavy atom. The maximum Gasteiger partial charge on any atom is 0.268 e. The number of aryl methyl sites for hydroxylation is 2. The van der Waals surface area contributed by atoms with E-state index in [-0.39, 0.29) is 53.4 Å². The molecule has 0 saturated carbocycles. The summed E-state index contributed by atoms with van der Waals surface area (Å²) in [6.07, 6.45) is 0.544. The fourth-order valence-corrected chi connectivity index (χ4v) is 5.35. The van der Waals surface area contributed by atoms with Crippen molar-refractivity contribution >= 4 is 21.7 Å².